The summed E-state index contributed by atoms with van der Waals surface area (Å²) in [5.41, 5.74) is 7.13. The van der Waals surface area contributed by atoms with Gasteiger partial charge in [0.1, 0.15) is 5.75 Å². The molecule has 1 atom stereocenters. The van der Waals surface area contributed by atoms with Crippen molar-refractivity contribution in [1.82, 2.24) is 5.32 Å². The summed E-state index contributed by atoms with van der Waals surface area (Å²) in [5.74, 6) is 0.889. The van der Waals surface area contributed by atoms with Crippen molar-refractivity contribution >= 4 is 5.84 Å². The van der Waals surface area contributed by atoms with E-state index in [1.807, 2.05) is 19.9 Å². The summed E-state index contributed by atoms with van der Waals surface area (Å²) in [4.78, 5) is 0. The largest absolute Gasteiger partial charge is 0.496 e. The lowest BCUT2D eigenvalue weighted by Gasteiger charge is -2.20. The molecule has 6 heteroatoms. The highest BCUT2D eigenvalue weighted by atomic mass is 16.5. The Morgan fingerprint density at radius 2 is 2.15 bits per heavy atom. The molecule has 1 aromatic rings. The molecule has 20 heavy (non-hydrogen) atoms. The number of hydrogen-bond donors (Lipinski definition) is 4. The molecule has 0 saturated carbocycles. The molecule has 0 amide bonds. The first-order valence-electron chi connectivity index (χ1n) is 6.52. The number of amidine groups is 1. The van der Waals surface area contributed by atoms with Gasteiger partial charge in [-0.3, -0.25) is 0 Å². The lowest BCUT2D eigenvalue weighted by Crippen LogP contribution is -2.36. The molecule has 1 rings (SSSR count). The number of rotatable bonds is 7. The molecule has 6 nitrogen and oxygen atoms in total. The molecule has 0 fully saturated rings. The van der Waals surface area contributed by atoms with Crippen molar-refractivity contribution in [1.29, 1.82) is 0 Å². The minimum absolute atomic E-state index is 0.00580. The maximum absolute atomic E-state index is 9.28. The van der Waals surface area contributed by atoms with Crippen LogP contribution >= 0.6 is 0 Å². The third-order valence-electron chi connectivity index (χ3n) is 3.22. The molecule has 0 aliphatic carbocycles. The monoisotopic (exact) mass is 281 g/mol. The van der Waals surface area contributed by atoms with Gasteiger partial charge in [-0.2, -0.15) is 0 Å². The van der Waals surface area contributed by atoms with E-state index in [2.05, 4.69) is 10.5 Å². The zero-order chi connectivity index (χ0) is 15.1. The molecule has 1 aromatic carbocycles. The van der Waals surface area contributed by atoms with Crippen LogP contribution in [0, 0.1) is 5.92 Å². The highest BCUT2D eigenvalue weighted by Gasteiger charge is 2.13. The number of nitrogens with zero attached hydrogens (tertiary/aromatic N) is 1. The van der Waals surface area contributed by atoms with Gasteiger partial charge in [-0.25, -0.2) is 0 Å². The van der Waals surface area contributed by atoms with E-state index in [9.17, 15) is 5.11 Å². The number of methoxy groups -OCH3 is 1. The first kappa shape index (κ1) is 16.3. The van der Waals surface area contributed by atoms with Crippen molar-refractivity contribution in [3.63, 3.8) is 0 Å². The molecule has 0 radical (unpaired) electrons. The summed E-state index contributed by atoms with van der Waals surface area (Å²) in [7, 11) is 1.53. The number of nitrogens with one attached hydrogen (secondary N) is 1. The number of ether oxygens (including phenoxy) is 1. The van der Waals surface area contributed by atoms with Gasteiger partial charge in [0.25, 0.3) is 0 Å². The molecule has 112 valence electrons. The molecule has 0 aliphatic rings. The predicted octanol–water partition coefficient (Wildman–Crippen LogP) is 0.896. The van der Waals surface area contributed by atoms with Crippen molar-refractivity contribution in [2.75, 3.05) is 13.7 Å². The van der Waals surface area contributed by atoms with Crippen molar-refractivity contribution < 1.29 is 15.1 Å². The van der Waals surface area contributed by atoms with E-state index in [1.54, 1.807) is 12.1 Å². The quantitative estimate of drug-likeness (QED) is 0.257. The Hall–Kier alpha value is -1.79. The van der Waals surface area contributed by atoms with Gasteiger partial charge >= 0.3 is 0 Å². The highest BCUT2D eigenvalue weighted by Crippen LogP contribution is 2.19. The van der Waals surface area contributed by atoms with Crippen molar-refractivity contribution in [2.45, 2.75) is 26.4 Å². The van der Waals surface area contributed by atoms with Gasteiger partial charge in [-0.15, -0.1) is 0 Å². The van der Waals surface area contributed by atoms with Gasteiger partial charge in [-0.05, 0) is 23.6 Å². The Morgan fingerprint density at radius 3 is 2.65 bits per heavy atom. The van der Waals surface area contributed by atoms with Crippen LogP contribution in [0.4, 0.5) is 0 Å². The van der Waals surface area contributed by atoms with Crippen LogP contribution in [0.15, 0.2) is 23.4 Å². The third kappa shape index (κ3) is 4.11. The van der Waals surface area contributed by atoms with E-state index < -0.39 is 0 Å². The Balaban J connectivity index is 2.87. The van der Waals surface area contributed by atoms with Crippen molar-refractivity contribution in [2.24, 2.45) is 16.8 Å². The fourth-order valence-corrected chi connectivity index (χ4v) is 1.88. The summed E-state index contributed by atoms with van der Waals surface area (Å²) in [6.45, 7) is 4.76. The molecule has 0 heterocycles. The molecule has 0 saturated heterocycles. The second kappa shape index (κ2) is 7.72. The van der Waals surface area contributed by atoms with E-state index in [-0.39, 0.29) is 18.5 Å². The average Bonchev–Trinajstić information content (AvgIpc) is 2.46. The minimum atomic E-state index is 0.00580. The third-order valence-corrected chi connectivity index (χ3v) is 3.22. The predicted molar refractivity (Wildman–Crippen MR) is 78.1 cm³/mol. The zero-order valence-corrected chi connectivity index (χ0v) is 12.1. The Labute approximate surface area is 119 Å². The first-order valence-corrected chi connectivity index (χ1v) is 6.52. The van der Waals surface area contributed by atoms with E-state index in [0.717, 1.165) is 5.56 Å². The molecule has 0 bridgehead atoms. The van der Waals surface area contributed by atoms with Crippen molar-refractivity contribution in [3.8, 4) is 5.75 Å². The van der Waals surface area contributed by atoms with Crippen molar-refractivity contribution in [3.05, 3.63) is 29.3 Å². The number of aliphatic hydroxyl groups is 1. The fraction of sp³-hybridized carbons (Fsp3) is 0.500. The smallest absolute Gasteiger partial charge is 0.173 e. The number of aliphatic hydroxyl groups excluding tert-OH is 1. The highest BCUT2D eigenvalue weighted by molar-refractivity contribution is 5.99. The zero-order valence-electron chi connectivity index (χ0n) is 12.1. The van der Waals surface area contributed by atoms with Gasteiger partial charge in [-0.1, -0.05) is 25.1 Å². The first-order chi connectivity index (χ1) is 9.53. The topological polar surface area (TPSA) is 100 Å². The molecule has 0 aromatic heterocycles. The van der Waals surface area contributed by atoms with Crippen LogP contribution in [0.5, 0.6) is 5.75 Å². The van der Waals surface area contributed by atoms with E-state index in [4.69, 9.17) is 15.7 Å². The second-order valence-electron chi connectivity index (χ2n) is 4.93. The number of oxime groups is 1. The lowest BCUT2D eigenvalue weighted by molar-refractivity contribution is 0.210. The Bertz CT molecular complexity index is 461. The molecule has 0 aliphatic heterocycles. The normalized spacial score (nSPS) is 13.6. The maximum atomic E-state index is 9.28. The van der Waals surface area contributed by atoms with Crippen LogP contribution in [0.25, 0.3) is 0 Å². The van der Waals surface area contributed by atoms with Crippen LogP contribution in [-0.4, -0.2) is 35.9 Å². The summed E-state index contributed by atoms with van der Waals surface area (Å²) < 4.78 is 5.18. The summed E-state index contributed by atoms with van der Waals surface area (Å²) in [6.07, 6.45) is 0. The SMILES string of the molecule is COc1ccc(CNC(CO)C(C)C)cc1C(N)=NO. The maximum Gasteiger partial charge on any atom is 0.173 e. The van der Waals surface area contributed by atoms with Crippen LogP contribution in [0.2, 0.25) is 0 Å². The second-order valence-corrected chi connectivity index (χ2v) is 4.93. The number of benzene rings is 1. The number of nitrogens with two attached hydrogens (primary N) is 1. The van der Waals surface area contributed by atoms with Crippen LogP contribution in [0.1, 0.15) is 25.0 Å². The van der Waals surface area contributed by atoms with E-state index in [1.165, 1.54) is 7.11 Å². The van der Waals surface area contributed by atoms with Gasteiger partial charge in [0.05, 0.1) is 19.3 Å². The Kier molecular flexibility index (Phi) is 6.27. The lowest BCUT2D eigenvalue weighted by atomic mass is 10.0. The minimum Gasteiger partial charge on any atom is -0.496 e. The Morgan fingerprint density at radius 1 is 1.45 bits per heavy atom. The molecular weight excluding hydrogens is 258 g/mol. The van der Waals surface area contributed by atoms with Crippen LogP contribution in [0.3, 0.4) is 0 Å². The van der Waals surface area contributed by atoms with Crippen LogP contribution < -0.4 is 15.8 Å². The molecule has 1 unspecified atom stereocenters. The fourth-order valence-electron chi connectivity index (χ4n) is 1.88. The molecule has 5 N–H and O–H groups in total. The molecule has 0 spiro atoms. The standard InChI is InChI=1S/C14H23N3O3/c1-9(2)12(8-18)16-7-10-4-5-13(20-3)11(6-10)14(15)17-19/h4-6,9,12,16,18-19H,7-8H2,1-3H3,(H2,15,17). The van der Waals surface area contributed by atoms with Gasteiger partial charge in [0, 0.05) is 12.6 Å². The summed E-state index contributed by atoms with van der Waals surface area (Å²) in [5, 5.41) is 24.3. The summed E-state index contributed by atoms with van der Waals surface area (Å²) in [6, 6.07) is 5.50. The van der Waals surface area contributed by atoms with Gasteiger partial charge in [0.15, 0.2) is 5.84 Å². The summed E-state index contributed by atoms with van der Waals surface area (Å²) >= 11 is 0. The van der Waals surface area contributed by atoms with E-state index in [0.29, 0.717) is 23.8 Å². The van der Waals surface area contributed by atoms with Gasteiger partial charge in [0.2, 0.25) is 0 Å². The van der Waals surface area contributed by atoms with Crippen LogP contribution in [-0.2, 0) is 6.54 Å². The number of hydrogen-bond acceptors (Lipinski definition) is 5. The van der Waals surface area contributed by atoms with E-state index >= 15 is 0 Å². The average molecular weight is 281 g/mol. The molecular formula is C14H23N3O3. The van der Waals surface area contributed by atoms with Gasteiger partial charge < -0.3 is 26.1 Å².